The smallest absolute Gasteiger partial charge is 0.325 e. The van der Waals surface area contributed by atoms with Crippen LogP contribution in [0.2, 0.25) is 5.04 Å². The topological polar surface area (TPSA) is 45.3 Å². The predicted octanol–water partition coefficient (Wildman–Crippen LogP) is 8.42. The maximum Gasteiger partial charge on any atom is 0.325 e. The fourth-order valence-corrected chi connectivity index (χ4v) is 13.1. The molecule has 264 valence electrons. The maximum absolute atomic E-state index is 14.8. The van der Waals surface area contributed by atoms with Crippen molar-refractivity contribution in [2.45, 2.75) is 102 Å². The second-order valence-corrected chi connectivity index (χ2v) is 20.6. The molecule has 2 heterocycles. The van der Waals surface area contributed by atoms with Gasteiger partial charge in [-0.1, -0.05) is 130 Å². The van der Waals surface area contributed by atoms with Crippen molar-refractivity contribution >= 4 is 30.4 Å². The second-order valence-electron chi connectivity index (χ2n) is 16.3. The summed E-state index contributed by atoms with van der Waals surface area (Å²) in [6.07, 6.45) is 3.28. The molecule has 0 spiro atoms. The predicted molar refractivity (Wildman–Crippen MR) is 207 cm³/mol. The Balaban J connectivity index is 1.45. The zero-order valence-electron chi connectivity index (χ0n) is 31.0. The van der Waals surface area contributed by atoms with E-state index in [0.717, 1.165) is 30.5 Å². The van der Waals surface area contributed by atoms with E-state index < -0.39 is 8.32 Å². The minimum Gasteiger partial charge on any atom is -0.405 e. The SMILES string of the molecule is CC1(C)CCCC(C)(C)N1OC[C@H]1[C@H](CO[Si](c2ccccc2)(c2ccccc2)C(C)(C)C)N(Cc2ccccc2)C(=O)N1c1ccccc1. The van der Waals surface area contributed by atoms with Gasteiger partial charge < -0.3 is 9.33 Å². The van der Waals surface area contributed by atoms with Crippen molar-refractivity contribution in [2.24, 2.45) is 0 Å². The first-order valence-corrected chi connectivity index (χ1v) is 20.1. The zero-order chi connectivity index (χ0) is 35.6. The van der Waals surface area contributed by atoms with Gasteiger partial charge in [0.1, 0.15) is 0 Å². The molecule has 0 bridgehead atoms. The van der Waals surface area contributed by atoms with Gasteiger partial charge in [-0.25, -0.2) is 4.79 Å². The third kappa shape index (κ3) is 7.06. The molecule has 4 aromatic rings. The average molecular weight is 690 g/mol. The molecule has 7 heteroatoms. The number of benzene rings is 4. The largest absolute Gasteiger partial charge is 0.405 e. The Hall–Kier alpha value is -3.75. The highest BCUT2D eigenvalue weighted by molar-refractivity contribution is 6.99. The van der Waals surface area contributed by atoms with Gasteiger partial charge >= 0.3 is 6.03 Å². The maximum atomic E-state index is 14.8. The summed E-state index contributed by atoms with van der Waals surface area (Å²) in [4.78, 5) is 25.8. The first-order chi connectivity index (χ1) is 23.8. The molecule has 50 heavy (non-hydrogen) atoms. The lowest BCUT2D eigenvalue weighted by Gasteiger charge is -2.51. The van der Waals surface area contributed by atoms with E-state index in [1.54, 1.807) is 0 Å². The molecular formula is C43H55N3O3Si. The number of anilines is 1. The first-order valence-electron chi connectivity index (χ1n) is 18.2. The highest BCUT2D eigenvalue weighted by atomic mass is 28.4. The Morgan fingerprint density at radius 1 is 0.680 bits per heavy atom. The summed E-state index contributed by atoms with van der Waals surface area (Å²) in [5.41, 5.74) is 1.69. The molecule has 0 aliphatic carbocycles. The average Bonchev–Trinajstić information content (AvgIpc) is 3.34. The molecule has 2 fully saturated rings. The highest BCUT2D eigenvalue weighted by Gasteiger charge is 2.54. The number of urea groups is 1. The van der Waals surface area contributed by atoms with Crippen LogP contribution < -0.4 is 15.3 Å². The van der Waals surface area contributed by atoms with Crippen LogP contribution in [-0.4, -0.2) is 60.7 Å². The van der Waals surface area contributed by atoms with Crippen LogP contribution in [0.4, 0.5) is 10.5 Å². The molecule has 4 aromatic carbocycles. The van der Waals surface area contributed by atoms with Crippen molar-refractivity contribution in [2.75, 3.05) is 18.1 Å². The zero-order valence-corrected chi connectivity index (χ0v) is 32.0. The Morgan fingerprint density at radius 3 is 1.66 bits per heavy atom. The Labute approximate surface area is 301 Å². The van der Waals surface area contributed by atoms with Crippen molar-refractivity contribution in [3.63, 3.8) is 0 Å². The van der Waals surface area contributed by atoms with Gasteiger partial charge in [-0.2, -0.15) is 5.06 Å². The Bertz CT molecular complexity index is 1640. The lowest BCUT2D eigenvalue weighted by Crippen LogP contribution is -2.67. The quantitative estimate of drug-likeness (QED) is 0.148. The van der Waals surface area contributed by atoms with E-state index in [4.69, 9.17) is 9.26 Å². The van der Waals surface area contributed by atoms with Crippen molar-refractivity contribution < 1.29 is 14.1 Å². The normalized spacial score (nSPS) is 21.1. The molecular weight excluding hydrogens is 635 g/mol. The number of carbonyl (C=O) groups excluding carboxylic acids is 1. The molecule has 6 nitrogen and oxygen atoms in total. The van der Waals surface area contributed by atoms with E-state index >= 15 is 0 Å². The van der Waals surface area contributed by atoms with Gasteiger partial charge in [0.15, 0.2) is 0 Å². The fourth-order valence-electron chi connectivity index (χ4n) is 8.49. The summed E-state index contributed by atoms with van der Waals surface area (Å²) < 4.78 is 7.60. The minimum absolute atomic E-state index is 0.0261. The Kier molecular flexibility index (Phi) is 10.4. The number of rotatable bonds is 11. The van der Waals surface area contributed by atoms with Gasteiger partial charge in [0, 0.05) is 23.3 Å². The van der Waals surface area contributed by atoms with Crippen LogP contribution in [0.1, 0.15) is 73.3 Å². The number of para-hydroxylation sites is 1. The standard InChI is InChI=1S/C43H55N3O3Si/c1-41(2,3)50(36-25-16-10-17-26-36,37-27-18-11-19-28-37)49-33-38-39(32-48-46-42(4,5)29-20-30-43(46,6)7)45(35-23-14-9-15-24-35)40(47)44(38)31-34-21-12-8-13-22-34/h8-19,21-28,38-39H,20,29-33H2,1-7H3/t38-,39-/m0/s1. The third-order valence-corrected chi connectivity index (χ3v) is 15.8. The fraction of sp³-hybridized carbons (Fsp3) is 0.419. The van der Waals surface area contributed by atoms with E-state index in [0.29, 0.717) is 19.8 Å². The highest BCUT2D eigenvalue weighted by Crippen LogP contribution is 2.41. The van der Waals surface area contributed by atoms with Gasteiger partial charge in [0.25, 0.3) is 8.32 Å². The molecule has 2 saturated heterocycles. The van der Waals surface area contributed by atoms with Gasteiger partial charge in [0.05, 0.1) is 25.3 Å². The molecule has 0 unspecified atom stereocenters. The number of piperidine rings is 1. The summed E-state index contributed by atoms with van der Waals surface area (Å²) in [6.45, 7) is 17.2. The van der Waals surface area contributed by atoms with Gasteiger partial charge in [-0.15, -0.1) is 0 Å². The van der Waals surface area contributed by atoms with E-state index in [1.807, 2.05) is 58.3 Å². The van der Waals surface area contributed by atoms with Gasteiger partial charge in [-0.3, -0.25) is 9.74 Å². The molecule has 0 aromatic heterocycles. The molecule has 2 amide bonds. The van der Waals surface area contributed by atoms with Crippen molar-refractivity contribution in [1.82, 2.24) is 9.96 Å². The number of hydroxylamine groups is 2. The van der Waals surface area contributed by atoms with E-state index in [-0.39, 0.29) is 34.2 Å². The van der Waals surface area contributed by atoms with Crippen LogP contribution in [0.5, 0.6) is 0 Å². The number of nitrogens with zero attached hydrogens (tertiary/aromatic N) is 3. The second kappa shape index (κ2) is 14.5. The summed E-state index contributed by atoms with van der Waals surface area (Å²) in [5, 5.41) is 4.47. The van der Waals surface area contributed by atoms with E-state index in [2.05, 4.69) is 126 Å². The van der Waals surface area contributed by atoms with Crippen LogP contribution in [0.25, 0.3) is 0 Å². The van der Waals surface area contributed by atoms with Crippen LogP contribution >= 0.6 is 0 Å². The Morgan fingerprint density at radius 2 is 1.16 bits per heavy atom. The number of carbonyl (C=O) groups is 1. The first kappa shape index (κ1) is 36.1. The van der Waals surface area contributed by atoms with E-state index in [1.165, 1.54) is 10.4 Å². The lowest BCUT2D eigenvalue weighted by molar-refractivity contribution is -0.283. The van der Waals surface area contributed by atoms with Crippen LogP contribution in [0.15, 0.2) is 121 Å². The van der Waals surface area contributed by atoms with Crippen LogP contribution in [0, 0.1) is 0 Å². The van der Waals surface area contributed by atoms with Gasteiger partial charge in [-0.05, 0) is 80.1 Å². The molecule has 2 aliphatic rings. The number of hydrogen-bond acceptors (Lipinski definition) is 4. The molecule has 0 radical (unpaired) electrons. The van der Waals surface area contributed by atoms with Gasteiger partial charge in [0.2, 0.25) is 0 Å². The lowest BCUT2D eigenvalue weighted by atomic mass is 9.82. The summed E-state index contributed by atoms with van der Waals surface area (Å²) >= 11 is 0. The molecule has 0 N–H and O–H groups in total. The monoisotopic (exact) mass is 689 g/mol. The van der Waals surface area contributed by atoms with Crippen molar-refractivity contribution in [3.05, 3.63) is 127 Å². The molecule has 2 aliphatic heterocycles. The summed E-state index contributed by atoms with van der Waals surface area (Å²) in [6, 6.07) is 41.3. The van der Waals surface area contributed by atoms with Crippen molar-refractivity contribution in [1.29, 1.82) is 0 Å². The van der Waals surface area contributed by atoms with Crippen LogP contribution in [-0.2, 0) is 15.8 Å². The molecule has 2 atom stereocenters. The van der Waals surface area contributed by atoms with E-state index in [9.17, 15) is 4.79 Å². The number of amides is 2. The molecule has 0 saturated carbocycles. The summed E-state index contributed by atoms with van der Waals surface area (Å²) in [7, 11) is -2.90. The number of hydrogen-bond donors (Lipinski definition) is 0. The minimum atomic E-state index is -2.90. The molecule has 6 rings (SSSR count). The third-order valence-electron chi connectivity index (χ3n) is 10.8. The van der Waals surface area contributed by atoms with Crippen LogP contribution in [0.3, 0.4) is 0 Å². The van der Waals surface area contributed by atoms with Crippen molar-refractivity contribution in [3.8, 4) is 0 Å². The summed E-state index contributed by atoms with van der Waals surface area (Å²) in [5.74, 6) is 0.